The second kappa shape index (κ2) is 6.62. The normalized spacial score (nSPS) is 10.0. The van der Waals surface area contributed by atoms with Gasteiger partial charge in [0.25, 0.3) is 0 Å². The Labute approximate surface area is 98.8 Å². The van der Waals surface area contributed by atoms with Gasteiger partial charge in [0.05, 0.1) is 6.61 Å². The summed E-state index contributed by atoms with van der Waals surface area (Å²) in [5, 5.41) is 0.809. The molecule has 0 aliphatic carbocycles. The molecule has 0 heterocycles. The summed E-state index contributed by atoms with van der Waals surface area (Å²) >= 11 is 3.29. The Hall–Kier alpha value is -0.830. The Kier molecular flexibility index (Phi) is 5.40. The van der Waals surface area contributed by atoms with Crippen molar-refractivity contribution < 1.29 is 9.53 Å². The molecule has 0 spiro atoms. The highest BCUT2D eigenvalue weighted by Crippen LogP contribution is 2.14. The number of hydrogen-bond donors (Lipinski definition) is 0. The van der Waals surface area contributed by atoms with E-state index in [9.17, 15) is 4.79 Å². The zero-order valence-corrected chi connectivity index (χ0v) is 10.4. The standard InChI is InChI=1S/C12H15BrO2/c1-2-3-12(14)10-4-6-11(7-5-10)15-9-8-13/h4-7H,2-3,8-9H2,1H3. The van der Waals surface area contributed by atoms with Crippen LogP contribution in [-0.4, -0.2) is 17.7 Å². The van der Waals surface area contributed by atoms with E-state index in [0.29, 0.717) is 13.0 Å². The van der Waals surface area contributed by atoms with Gasteiger partial charge < -0.3 is 4.74 Å². The third-order valence-corrected chi connectivity index (χ3v) is 2.32. The van der Waals surface area contributed by atoms with Crippen LogP contribution in [0.25, 0.3) is 0 Å². The molecule has 0 amide bonds. The molecule has 1 aromatic rings. The molecule has 0 N–H and O–H groups in total. The largest absolute Gasteiger partial charge is 0.493 e. The number of carbonyl (C=O) groups excluding carboxylic acids is 1. The number of benzene rings is 1. The molecular weight excluding hydrogens is 256 g/mol. The summed E-state index contributed by atoms with van der Waals surface area (Å²) in [5.41, 5.74) is 0.767. The molecule has 1 aromatic carbocycles. The molecule has 0 unspecified atom stereocenters. The fraction of sp³-hybridized carbons (Fsp3) is 0.417. The van der Waals surface area contributed by atoms with Gasteiger partial charge >= 0.3 is 0 Å². The van der Waals surface area contributed by atoms with Crippen LogP contribution in [0.5, 0.6) is 5.75 Å². The van der Waals surface area contributed by atoms with Gasteiger partial charge in [-0.1, -0.05) is 22.9 Å². The van der Waals surface area contributed by atoms with Crippen LogP contribution in [0.3, 0.4) is 0 Å². The topological polar surface area (TPSA) is 26.3 Å². The Morgan fingerprint density at radius 1 is 1.33 bits per heavy atom. The second-order valence-corrected chi connectivity index (χ2v) is 4.03. The van der Waals surface area contributed by atoms with E-state index in [4.69, 9.17) is 4.74 Å². The Morgan fingerprint density at radius 2 is 2.00 bits per heavy atom. The molecule has 0 aliphatic rings. The van der Waals surface area contributed by atoms with Gasteiger partial charge in [-0.15, -0.1) is 0 Å². The van der Waals surface area contributed by atoms with Crippen LogP contribution in [0.15, 0.2) is 24.3 Å². The highest BCUT2D eigenvalue weighted by Gasteiger charge is 2.03. The van der Waals surface area contributed by atoms with Crippen LogP contribution >= 0.6 is 15.9 Å². The Bertz CT molecular complexity index is 306. The van der Waals surface area contributed by atoms with Gasteiger partial charge in [-0.2, -0.15) is 0 Å². The second-order valence-electron chi connectivity index (χ2n) is 3.23. The van der Waals surface area contributed by atoms with E-state index >= 15 is 0 Å². The molecule has 3 heteroatoms. The maximum Gasteiger partial charge on any atom is 0.162 e. The molecule has 0 radical (unpaired) electrons. The van der Waals surface area contributed by atoms with Crippen LogP contribution in [0.4, 0.5) is 0 Å². The Morgan fingerprint density at radius 3 is 2.53 bits per heavy atom. The number of carbonyl (C=O) groups is 1. The van der Waals surface area contributed by atoms with Crippen molar-refractivity contribution >= 4 is 21.7 Å². The maximum atomic E-state index is 11.5. The number of halogens is 1. The van der Waals surface area contributed by atoms with Crippen LogP contribution in [-0.2, 0) is 0 Å². The van der Waals surface area contributed by atoms with Crippen LogP contribution in [0.2, 0.25) is 0 Å². The summed E-state index contributed by atoms with van der Waals surface area (Å²) in [6.07, 6.45) is 1.50. The first-order valence-electron chi connectivity index (χ1n) is 5.10. The van der Waals surface area contributed by atoms with Gasteiger partial charge in [-0.3, -0.25) is 4.79 Å². The lowest BCUT2D eigenvalue weighted by atomic mass is 10.1. The van der Waals surface area contributed by atoms with Gasteiger partial charge in [-0.05, 0) is 30.7 Å². The van der Waals surface area contributed by atoms with Crippen molar-refractivity contribution in [2.24, 2.45) is 0 Å². The van der Waals surface area contributed by atoms with Crippen LogP contribution in [0.1, 0.15) is 30.1 Å². The molecule has 0 atom stereocenters. The van der Waals surface area contributed by atoms with Gasteiger partial charge in [0.1, 0.15) is 5.75 Å². The van der Waals surface area contributed by atoms with E-state index in [1.165, 1.54) is 0 Å². The summed E-state index contributed by atoms with van der Waals surface area (Å²) in [6.45, 7) is 2.65. The van der Waals surface area contributed by atoms with E-state index in [-0.39, 0.29) is 5.78 Å². The maximum absolute atomic E-state index is 11.5. The van der Waals surface area contributed by atoms with Crippen LogP contribution in [0, 0.1) is 0 Å². The molecule has 0 bridgehead atoms. The highest BCUT2D eigenvalue weighted by molar-refractivity contribution is 9.09. The monoisotopic (exact) mass is 270 g/mol. The highest BCUT2D eigenvalue weighted by atomic mass is 79.9. The molecule has 0 aromatic heterocycles. The fourth-order valence-corrected chi connectivity index (χ4v) is 1.43. The average Bonchev–Trinajstić information content (AvgIpc) is 2.27. The van der Waals surface area contributed by atoms with Gasteiger partial charge in [0.2, 0.25) is 0 Å². The van der Waals surface area contributed by atoms with Crippen LogP contribution < -0.4 is 4.74 Å². The number of ether oxygens (including phenoxy) is 1. The number of ketones is 1. The number of rotatable bonds is 6. The van der Waals surface area contributed by atoms with E-state index in [1.807, 2.05) is 31.2 Å². The van der Waals surface area contributed by atoms with E-state index < -0.39 is 0 Å². The number of Topliss-reactive ketones (excluding diaryl/α,β-unsaturated/α-hetero) is 1. The molecule has 2 nitrogen and oxygen atoms in total. The lowest BCUT2D eigenvalue weighted by Gasteiger charge is -2.04. The smallest absolute Gasteiger partial charge is 0.162 e. The minimum atomic E-state index is 0.199. The van der Waals surface area contributed by atoms with Crippen molar-refractivity contribution in [3.05, 3.63) is 29.8 Å². The van der Waals surface area contributed by atoms with Gasteiger partial charge in [0.15, 0.2) is 5.78 Å². The molecule has 0 aliphatic heterocycles. The minimum absolute atomic E-state index is 0.199. The first-order chi connectivity index (χ1) is 7.27. The van der Waals surface area contributed by atoms with Crippen molar-refractivity contribution in [1.29, 1.82) is 0 Å². The summed E-state index contributed by atoms with van der Waals surface area (Å²) < 4.78 is 5.39. The first kappa shape index (κ1) is 12.2. The predicted octanol–water partition coefficient (Wildman–Crippen LogP) is 3.44. The zero-order chi connectivity index (χ0) is 11.1. The molecule has 0 fully saturated rings. The molecule has 82 valence electrons. The minimum Gasteiger partial charge on any atom is -0.493 e. The SMILES string of the molecule is CCCC(=O)c1ccc(OCCBr)cc1. The fourth-order valence-electron chi connectivity index (χ4n) is 1.26. The number of alkyl halides is 1. The lowest BCUT2D eigenvalue weighted by molar-refractivity contribution is 0.0981. The van der Waals surface area contributed by atoms with Crippen molar-refractivity contribution in [2.45, 2.75) is 19.8 Å². The molecular formula is C12H15BrO2. The van der Waals surface area contributed by atoms with Gasteiger partial charge in [-0.25, -0.2) is 0 Å². The molecule has 1 rings (SSSR count). The molecule has 15 heavy (non-hydrogen) atoms. The number of hydrogen-bond acceptors (Lipinski definition) is 2. The predicted molar refractivity (Wildman–Crippen MR) is 65.0 cm³/mol. The van der Waals surface area contributed by atoms with E-state index in [1.54, 1.807) is 0 Å². The quantitative estimate of drug-likeness (QED) is 0.585. The summed E-state index contributed by atoms with van der Waals surface area (Å²) in [4.78, 5) is 11.5. The van der Waals surface area contributed by atoms with Crippen molar-refractivity contribution in [1.82, 2.24) is 0 Å². The lowest BCUT2D eigenvalue weighted by Crippen LogP contribution is -2.00. The third kappa shape index (κ3) is 4.04. The van der Waals surface area contributed by atoms with Crippen molar-refractivity contribution in [3.8, 4) is 5.75 Å². The zero-order valence-electron chi connectivity index (χ0n) is 8.83. The summed E-state index contributed by atoms with van der Waals surface area (Å²) in [6, 6.07) is 7.32. The Balaban J connectivity index is 2.59. The molecule has 0 saturated carbocycles. The van der Waals surface area contributed by atoms with Gasteiger partial charge in [0, 0.05) is 17.3 Å². The first-order valence-corrected chi connectivity index (χ1v) is 6.22. The average molecular weight is 271 g/mol. The summed E-state index contributed by atoms with van der Waals surface area (Å²) in [7, 11) is 0. The van der Waals surface area contributed by atoms with E-state index in [2.05, 4.69) is 15.9 Å². The van der Waals surface area contributed by atoms with Crippen molar-refractivity contribution in [3.63, 3.8) is 0 Å². The van der Waals surface area contributed by atoms with E-state index in [0.717, 1.165) is 23.1 Å². The van der Waals surface area contributed by atoms with Crippen molar-refractivity contribution in [2.75, 3.05) is 11.9 Å². The summed E-state index contributed by atoms with van der Waals surface area (Å²) in [5.74, 6) is 1.01. The third-order valence-electron chi connectivity index (χ3n) is 2.00. The molecule has 0 saturated heterocycles.